The molecule has 2 aliphatic rings. The van der Waals surface area contributed by atoms with E-state index in [-0.39, 0.29) is 0 Å². The summed E-state index contributed by atoms with van der Waals surface area (Å²) in [5.41, 5.74) is 1.70. The van der Waals surface area contributed by atoms with Crippen molar-refractivity contribution < 1.29 is 0 Å². The zero-order chi connectivity index (χ0) is 17.4. The zero-order valence-electron chi connectivity index (χ0n) is 14.4. The monoisotopic (exact) mass is 356 g/mol. The Labute approximate surface area is 152 Å². The highest BCUT2D eigenvalue weighted by Gasteiger charge is 2.29. The van der Waals surface area contributed by atoms with E-state index in [9.17, 15) is 0 Å². The van der Waals surface area contributed by atoms with Crippen LogP contribution in [-0.2, 0) is 0 Å². The molecule has 25 heavy (non-hydrogen) atoms. The molecule has 2 fully saturated rings. The smallest absolute Gasteiger partial charge is 0.254 e. The van der Waals surface area contributed by atoms with Crippen molar-refractivity contribution in [1.82, 2.24) is 19.9 Å². The SMILES string of the molecule is CC(=Nc1nc(N[C@H](C)C2CC2)nc(-c2cccc(Cl)n2)n1)C1CC1. The summed E-state index contributed by atoms with van der Waals surface area (Å²) in [5.74, 6) is 2.75. The molecule has 0 aromatic carbocycles. The van der Waals surface area contributed by atoms with Gasteiger partial charge in [-0.3, -0.25) is 0 Å². The minimum Gasteiger partial charge on any atom is -0.351 e. The molecule has 0 bridgehead atoms. The largest absolute Gasteiger partial charge is 0.351 e. The molecule has 6 nitrogen and oxygen atoms in total. The van der Waals surface area contributed by atoms with Gasteiger partial charge in [0.15, 0.2) is 5.82 Å². The molecule has 0 saturated heterocycles. The van der Waals surface area contributed by atoms with Crippen LogP contribution in [0.5, 0.6) is 0 Å². The lowest BCUT2D eigenvalue weighted by molar-refractivity contribution is 0.685. The lowest BCUT2D eigenvalue weighted by Gasteiger charge is -2.13. The molecule has 4 rings (SSSR count). The molecule has 7 heteroatoms. The molecule has 1 N–H and O–H groups in total. The first kappa shape index (κ1) is 16.4. The van der Waals surface area contributed by atoms with Crippen molar-refractivity contribution in [2.75, 3.05) is 5.32 Å². The molecule has 0 aliphatic heterocycles. The highest BCUT2D eigenvalue weighted by Crippen LogP contribution is 2.34. The maximum absolute atomic E-state index is 6.02. The second kappa shape index (κ2) is 6.67. The number of nitrogens with one attached hydrogen (secondary N) is 1. The number of nitrogens with zero attached hydrogens (tertiary/aromatic N) is 5. The van der Waals surface area contributed by atoms with Crippen LogP contribution in [0.25, 0.3) is 11.5 Å². The van der Waals surface area contributed by atoms with Crippen LogP contribution >= 0.6 is 11.6 Å². The minimum absolute atomic E-state index is 0.337. The van der Waals surface area contributed by atoms with Gasteiger partial charge in [0.05, 0.1) is 0 Å². The van der Waals surface area contributed by atoms with Gasteiger partial charge in [0, 0.05) is 11.8 Å². The summed E-state index contributed by atoms with van der Waals surface area (Å²) < 4.78 is 0. The summed E-state index contributed by atoms with van der Waals surface area (Å²) in [6.45, 7) is 4.20. The number of hydrogen-bond donors (Lipinski definition) is 1. The number of anilines is 1. The van der Waals surface area contributed by atoms with Gasteiger partial charge in [0.25, 0.3) is 5.95 Å². The Bertz CT molecular complexity index is 813. The lowest BCUT2D eigenvalue weighted by Crippen LogP contribution is -2.19. The predicted molar refractivity (Wildman–Crippen MR) is 99.4 cm³/mol. The molecule has 2 aromatic heterocycles. The van der Waals surface area contributed by atoms with E-state index in [0.29, 0.717) is 46.4 Å². The number of rotatable bonds is 6. The fourth-order valence-corrected chi connectivity index (χ4v) is 2.96. The molecule has 2 aromatic rings. The van der Waals surface area contributed by atoms with Gasteiger partial charge in [-0.2, -0.15) is 15.0 Å². The molecule has 2 saturated carbocycles. The third kappa shape index (κ3) is 4.12. The van der Waals surface area contributed by atoms with Crippen LogP contribution in [0.4, 0.5) is 11.9 Å². The van der Waals surface area contributed by atoms with Gasteiger partial charge in [-0.15, -0.1) is 0 Å². The van der Waals surface area contributed by atoms with Crippen LogP contribution in [0.15, 0.2) is 23.2 Å². The zero-order valence-corrected chi connectivity index (χ0v) is 15.2. The molecule has 1 atom stereocenters. The van der Waals surface area contributed by atoms with Crippen molar-refractivity contribution in [3.63, 3.8) is 0 Å². The van der Waals surface area contributed by atoms with Crippen molar-refractivity contribution in [3.8, 4) is 11.5 Å². The van der Waals surface area contributed by atoms with Gasteiger partial charge in [0.2, 0.25) is 5.95 Å². The average molecular weight is 357 g/mol. The second-order valence-corrected chi connectivity index (χ2v) is 7.31. The van der Waals surface area contributed by atoms with E-state index >= 15 is 0 Å². The molecular weight excluding hydrogens is 336 g/mol. The van der Waals surface area contributed by atoms with Gasteiger partial charge in [-0.1, -0.05) is 17.7 Å². The molecule has 130 valence electrons. The highest BCUT2D eigenvalue weighted by molar-refractivity contribution is 6.29. The highest BCUT2D eigenvalue weighted by atomic mass is 35.5. The number of aliphatic imine (C=N–C) groups is 1. The first-order valence-electron chi connectivity index (χ1n) is 8.79. The molecule has 2 heterocycles. The summed E-state index contributed by atoms with van der Waals surface area (Å²) in [5, 5.41) is 3.81. The van der Waals surface area contributed by atoms with Crippen LogP contribution in [-0.4, -0.2) is 31.7 Å². The van der Waals surface area contributed by atoms with E-state index in [1.807, 2.05) is 19.1 Å². The Morgan fingerprint density at radius 3 is 2.64 bits per heavy atom. The Morgan fingerprint density at radius 1 is 1.16 bits per heavy atom. The van der Waals surface area contributed by atoms with Crippen LogP contribution in [0.3, 0.4) is 0 Å². The molecule has 0 unspecified atom stereocenters. The average Bonchev–Trinajstić information content (AvgIpc) is 3.48. The van der Waals surface area contributed by atoms with Crippen LogP contribution in [0.2, 0.25) is 5.15 Å². The predicted octanol–water partition coefficient (Wildman–Crippen LogP) is 4.30. The first-order valence-corrected chi connectivity index (χ1v) is 9.17. The summed E-state index contributed by atoms with van der Waals surface area (Å²) in [6, 6.07) is 5.75. The van der Waals surface area contributed by atoms with E-state index in [4.69, 9.17) is 11.6 Å². The van der Waals surface area contributed by atoms with Crippen LogP contribution in [0, 0.1) is 11.8 Å². The number of aromatic nitrogens is 4. The maximum atomic E-state index is 6.02. The van der Waals surface area contributed by atoms with E-state index in [1.165, 1.54) is 25.7 Å². The fraction of sp³-hybridized carbons (Fsp3) is 0.500. The van der Waals surface area contributed by atoms with E-state index < -0.39 is 0 Å². The van der Waals surface area contributed by atoms with Gasteiger partial charge < -0.3 is 5.32 Å². The van der Waals surface area contributed by atoms with Crippen molar-refractivity contribution in [2.24, 2.45) is 16.8 Å². The summed E-state index contributed by atoms with van der Waals surface area (Å²) in [4.78, 5) is 22.5. The Kier molecular flexibility index (Phi) is 4.37. The molecule has 0 spiro atoms. The summed E-state index contributed by atoms with van der Waals surface area (Å²) in [6.07, 6.45) is 4.92. The Morgan fingerprint density at radius 2 is 1.96 bits per heavy atom. The van der Waals surface area contributed by atoms with E-state index in [2.05, 4.69) is 37.2 Å². The van der Waals surface area contributed by atoms with E-state index in [0.717, 1.165) is 5.71 Å². The Balaban J connectivity index is 1.69. The normalized spacial score (nSPS) is 18.9. The Hall–Kier alpha value is -2.08. The van der Waals surface area contributed by atoms with Crippen LogP contribution in [0.1, 0.15) is 39.5 Å². The number of halogens is 1. The number of hydrogen-bond acceptors (Lipinski definition) is 6. The van der Waals surface area contributed by atoms with Gasteiger partial charge in [0.1, 0.15) is 10.8 Å². The third-order valence-electron chi connectivity index (χ3n) is 4.70. The van der Waals surface area contributed by atoms with Crippen molar-refractivity contribution >= 4 is 29.2 Å². The van der Waals surface area contributed by atoms with Gasteiger partial charge in [-0.25, -0.2) is 9.98 Å². The molecule has 0 amide bonds. The van der Waals surface area contributed by atoms with Crippen molar-refractivity contribution in [3.05, 3.63) is 23.4 Å². The number of pyridine rings is 1. The van der Waals surface area contributed by atoms with Crippen LogP contribution < -0.4 is 5.32 Å². The lowest BCUT2D eigenvalue weighted by atomic mass is 10.2. The van der Waals surface area contributed by atoms with Gasteiger partial charge in [-0.05, 0) is 63.5 Å². The molecule has 2 aliphatic carbocycles. The minimum atomic E-state index is 0.337. The van der Waals surface area contributed by atoms with Gasteiger partial charge >= 0.3 is 0 Å². The maximum Gasteiger partial charge on any atom is 0.254 e. The van der Waals surface area contributed by atoms with Crippen molar-refractivity contribution in [1.29, 1.82) is 0 Å². The fourth-order valence-electron chi connectivity index (χ4n) is 2.79. The second-order valence-electron chi connectivity index (χ2n) is 6.93. The molecule has 0 radical (unpaired) electrons. The standard InChI is InChI=1S/C18H21ClN6/c1-10(12-6-7-12)20-17-23-16(14-4-3-5-15(19)22-14)24-18(25-17)21-11(2)13-8-9-13/h3-5,10,12-13H,6-9H2,1-2H3,(H,20,23,24,25)/t10-/m1/s1. The summed E-state index contributed by atoms with van der Waals surface area (Å²) >= 11 is 6.02. The quantitative estimate of drug-likeness (QED) is 0.616. The first-order chi connectivity index (χ1) is 12.1. The summed E-state index contributed by atoms with van der Waals surface area (Å²) in [7, 11) is 0. The topological polar surface area (TPSA) is 76.0 Å². The van der Waals surface area contributed by atoms with Crippen molar-refractivity contribution in [2.45, 2.75) is 45.6 Å². The molecular formula is C18H21ClN6. The van der Waals surface area contributed by atoms with E-state index in [1.54, 1.807) is 6.07 Å². The third-order valence-corrected chi connectivity index (χ3v) is 4.91.